The van der Waals surface area contributed by atoms with Gasteiger partial charge in [0.15, 0.2) is 10.8 Å². The Labute approximate surface area is 149 Å². The molecule has 0 amide bonds. The van der Waals surface area contributed by atoms with Crippen LogP contribution in [0.15, 0.2) is 36.4 Å². The molecule has 3 heterocycles. The van der Waals surface area contributed by atoms with Gasteiger partial charge >= 0.3 is 5.97 Å². The van der Waals surface area contributed by atoms with E-state index in [1.165, 1.54) is 0 Å². The third kappa shape index (κ3) is 3.02. The van der Waals surface area contributed by atoms with Gasteiger partial charge in [-0.05, 0) is 25.5 Å². The summed E-state index contributed by atoms with van der Waals surface area (Å²) in [4.78, 5) is 18.3. The zero-order valence-electron chi connectivity index (χ0n) is 13.8. The summed E-state index contributed by atoms with van der Waals surface area (Å²) in [5.41, 5.74) is 2.93. The smallest absolute Gasteiger partial charge is 0.356 e. The topological polar surface area (TPSA) is 71.2 Å². The van der Waals surface area contributed by atoms with Gasteiger partial charge in [0.1, 0.15) is 0 Å². The van der Waals surface area contributed by atoms with Gasteiger partial charge in [-0.15, -0.1) is 0 Å². The number of nitrogens with zero attached hydrogens (tertiary/aromatic N) is 4. The molecule has 2 aromatic heterocycles. The van der Waals surface area contributed by atoms with Crippen LogP contribution >= 0.6 is 11.3 Å². The molecule has 4 rings (SSSR count). The Bertz CT molecular complexity index is 973. The van der Waals surface area contributed by atoms with Crippen LogP contribution in [0.1, 0.15) is 28.2 Å². The third-order valence-corrected chi connectivity index (χ3v) is 5.42. The minimum atomic E-state index is -1.01. The Morgan fingerprint density at radius 2 is 2.24 bits per heavy atom. The summed E-state index contributed by atoms with van der Waals surface area (Å²) in [5.74, 6) is -1.01. The number of fused-ring (bicyclic) bond motifs is 1. The molecule has 0 saturated carbocycles. The predicted octanol–water partition coefficient (Wildman–Crippen LogP) is 3.31. The number of rotatable bonds is 4. The summed E-state index contributed by atoms with van der Waals surface area (Å²) >= 11 is 1.70. The highest BCUT2D eigenvalue weighted by Gasteiger charge is 2.16. The van der Waals surface area contributed by atoms with E-state index in [-0.39, 0.29) is 5.69 Å². The average molecular weight is 354 g/mol. The molecule has 128 valence electrons. The Morgan fingerprint density at radius 1 is 1.36 bits per heavy atom. The van der Waals surface area contributed by atoms with E-state index in [0.717, 1.165) is 46.1 Å². The zero-order chi connectivity index (χ0) is 17.4. The van der Waals surface area contributed by atoms with E-state index in [9.17, 15) is 4.79 Å². The highest BCUT2D eigenvalue weighted by Crippen LogP contribution is 2.31. The molecule has 1 aliphatic rings. The number of hydrogen-bond donors (Lipinski definition) is 1. The highest BCUT2D eigenvalue weighted by molar-refractivity contribution is 7.22. The number of carboxylic acids is 1. The molecule has 25 heavy (non-hydrogen) atoms. The largest absolute Gasteiger partial charge is 0.476 e. The quantitative estimate of drug-likeness (QED) is 0.728. The van der Waals surface area contributed by atoms with Crippen LogP contribution in [-0.4, -0.2) is 38.9 Å². The van der Waals surface area contributed by atoms with Gasteiger partial charge in [-0.25, -0.2) is 9.78 Å². The molecule has 0 aliphatic carbocycles. The van der Waals surface area contributed by atoms with Gasteiger partial charge in [-0.3, -0.25) is 4.68 Å². The second kappa shape index (κ2) is 6.33. The Kier molecular flexibility index (Phi) is 4.01. The lowest BCUT2D eigenvalue weighted by Crippen LogP contribution is -2.26. The standard InChI is InChI=1S/C18H18N4O2S/c1-12-10-14(17(23)24)20-22(12)11-13-6-5-7-15-16(13)19-18(25-15)21-8-3-2-4-9-21/h2-3,5-7,10H,4,8-9,11H2,1H3,(H,23,24). The molecule has 7 heteroatoms. The molecule has 3 aromatic rings. The highest BCUT2D eigenvalue weighted by atomic mass is 32.1. The summed E-state index contributed by atoms with van der Waals surface area (Å²) in [5, 5.41) is 14.3. The second-order valence-corrected chi connectivity index (χ2v) is 7.11. The Hall–Kier alpha value is -2.67. The molecule has 0 spiro atoms. The molecule has 0 unspecified atom stereocenters. The SMILES string of the molecule is Cc1cc(C(=O)O)nn1Cc1cccc2sc(N3CC=CCC3)nc12. The molecule has 0 atom stereocenters. The van der Waals surface area contributed by atoms with E-state index in [1.54, 1.807) is 22.1 Å². The number of aromatic carboxylic acids is 1. The molecule has 1 N–H and O–H groups in total. The van der Waals surface area contributed by atoms with Crippen molar-refractivity contribution in [1.82, 2.24) is 14.8 Å². The van der Waals surface area contributed by atoms with Crippen molar-refractivity contribution in [2.45, 2.75) is 19.9 Å². The lowest BCUT2D eigenvalue weighted by molar-refractivity contribution is 0.0689. The summed E-state index contributed by atoms with van der Waals surface area (Å²) in [6.07, 6.45) is 5.43. The van der Waals surface area contributed by atoms with Crippen LogP contribution in [0.5, 0.6) is 0 Å². The molecule has 0 saturated heterocycles. The fraction of sp³-hybridized carbons (Fsp3) is 0.278. The van der Waals surface area contributed by atoms with Gasteiger partial charge in [0, 0.05) is 24.3 Å². The number of hydrogen-bond acceptors (Lipinski definition) is 5. The van der Waals surface area contributed by atoms with Crippen LogP contribution < -0.4 is 4.90 Å². The van der Waals surface area contributed by atoms with Gasteiger partial charge < -0.3 is 10.0 Å². The van der Waals surface area contributed by atoms with Gasteiger partial charge in [-0.2, -0.15) is 5.10 Å². The van der Waals surface area contributed by atoms with Gasteiger partial charge in [-0.1, -0.05) is 35.6 Å². The number of carbonyl (C=O) groups is 1. The van der Waals surface area contributed by atoms with Crippen molar-refractivity contribution in [3.8, 4) is 0 Å². The van der Waals surface area contributed by atoms with E-state index < -0.39 is 5.97 Å². The minimum absolute atomic E-state index is 0.0729. The summed E-state index contributed by atoms with van der Waals surface area (Å²) < 4.78 is 2.87. The van der Waals surface area contributed by atoms with Gasteiger partial charge in [0.05, 0.1) is 16.8 Å². The summed E-state index contributed by atoms with van der Waals surface area (Å²) in [7, 11) is 0. The first-order valence-corrected chi connectivity index (χ1v) is 8.99. The number of aromatic nitrogens is 3. The molecule has 0 bridgehead atoms. The summed E-state index contributed by atoms with van der Waals surface area (Å²) in [6, 6.07) is 7.73. The minimum Gasteiger partial charge on any atom is -0.476 e. The maximum atomic E-state index is 11.1. The number of aryl methyl sites for hydroxylation is 1. The molecular weight excluding hydrogens is 336 g/mol. The van der Waals surface area contributed by atoms with Gasteiger partial charge in [0.2, 0.25) is 0 Å². The lowest BCUT2D eigenvalue weighted by Gasteiger charge is -2.22. The lowest BCUT2D eigenvalue weighted by atomic mass is 10.2. The Balaban J connectivity index is 1.69. The third-order valence-electron chi connectivity index (χ3n) is 4.34. The number of para-hydroxylation sites is 1. The second-order valence-electron chi connectivity index (χ2n) is 6.10. The van der Waals surface area contributed by atoms with E-state index in [0.29, 0.717) is 6.54 Å². The monoisotopic (exact) mass is 354 g/mol. The van der Waals surface area contributed by atoms with Crippen molar-refractivity contribution < 1.29 is 9.90 Å². The molecule has 1 aliphatic heterocycles. The van der Waals surface area contributed by atoms with E-state index in [2.05, 4.69) is 28.2 Å². The van der Waals surface area contributed by atoms with Crippen molar-refractivity contribution in [1.29, 1.82) is 0 Å². The molecule has 6 nitrogen and oxygen atoms in total. The van der Waals surface area contributed by atoms with Gasteiger partial charge in [0.25, 0.3) is 0 Å². The first-order chi connectivity index (χ1) is 12.1. The zero-order valence-corrected chi connectivity index (χ0v) is 14.7. The van der Waals surface area contributed by atoms with Crippen molar-refractivity contribution in [2.24, 2.45) is 0 Å². The first kappa shape index (κ1) is 15.8. The van der Waals surface area contributed by atoms with E-state index in [4.69, 9.17) is 10.1 Å². The molecule has 0 fully saturated rings. The van der Waals surface area contributed by atoms with Crippen LogP contribution in [0.2, 0.25) is 0 Å². The van der Waals surface area contributed by atoms with Crippen LogP contribution in [0.3, 0.4) is 0 Å². The number of carboxylic acid groups (broad SMARTS) is 1. The van der Waals surface area contributed by atoms with Crippen molar-refractivity contribution in [3.05, 3.63) is 53.4 Å². The number of thiazole rings is 1. The van der Waals surface area contributed by atoms with Crippen LogP contribution in [0.4, 0.5) is 5.13 Å². The molecular formula is C18H18N4O2S. The fourth-order valence-corrected chi connectivity index (χ4v) is 4.06. The van der Waals surface area contributed by atoms with Crippen molar-refractivity contribution in [2.75, 3.05) is 18.0 Å². The maximum absolute atomic E-state index is 11.1. The van der Waals surface area contributed by atoms with E-state index >= 15 is 0 Å². The van der Waals surface area contributed by atoms with Crippen LogP contribution in [-0.2, 0) is 6.54 Å². The van der Waals surface area contributed by atoms with Crippen molar-refractivity contribution >= 4 is 32.7 Å². The summed E-state index contributed by atoms with van der Waals surface area (Å²) in [6.45, 7) is 4.27. The average Bonchev–Trinajstić information content (AvgIpc) is 3.21. The normalized spacial score (nSPS) is 14.4. The predicted molar refractivity (Wildman–Crippen MR) is 98.6 cm³/mol. The number of anilines is 1. The number of benzene rings is 1. The molecule has 1 aromatic carbocycles. The maximum Gasteiger partial charge on any atom is 0.356 e. The van der Waals surface area contributed by atoms with E-state index in [1.807, 2.05) is 19.1 Å². The Morgan fingerprint density at radius 3 is 2.96 bits per heavy atom. The van der Waals surface area contributed by atoms with Crippen LogP contribution in [0.25, 0.3) is 10.2 Å². The first-order valence-electron chi connectivity index (χ1n) is 8.18. The fourth-order valence-electron chi connectivity index (χ4n) is 3.01. The van der Waals surface area contributed by atoms with Crippen LogP contribution in [0, 0.1) is 6.92 Å². The molecule has 0 radical (unpaired) electrons. The van der Waals surface area contributed by atoms with Crippen molar-refractivity contribution in [3.63, 3.8) is 0 Å².